The molecule has 0 radical (unpaired) electrons. The molecule has 0 aliphatic heterocycles. The minimum atomic E-state index is -0.0226. The Labute approximate surface area is 102 Å². The summed E-state index contributed by atoms with van der Waals surface area (Å²) in [5.74, 6) is 0. The van der Waals surface area contributed by atoms with Crippen molar-refractivity contribution in [1.29, 1.82) is 0 Å². The predicted octanol–water partition coefficient (Wildman–Crippen LogP) is 2.24. The first-order valence-electron chi connectivity index (χ1n) is 4.85. The molecule has 3 nitrogen and oxygen atoms in total. The highest BCUT2D eigenvalue weighted by molar-refractivity contribution is 9.10. The molecule has 2 aromatic rings. The van der Waals surface area contributed by atoms with Gasteiger partial charge in [0.2, 0.25) is 0 Å². The zero-order chi connectivity index (χ0) is 11.5. The number of pyridine rings is 1. The van der Waals surface area contributed by atoms with Gasteiger partial charge in [-0.3, -0.25) is 4.79 Å². The summed E-state index contributed by atoms with van der Waals surface area (Å²) in [6, 6.07) is 10.8. The van der Waals surface area contributed by atoms with Crippen molar-refractivity contribution in [2.24, 2.45) is 0 Å². The van der Waals surface area contributed by atoms with Crippen LogP contribution >= 0.6 is 15.9 Å². The smallest absolute Gasteiger partial charge is 0.250 e. The van der Waals surface area contributed by atoms with Gasteiger partial charge in [0.05, 0.1) is 6.54 Å². The number of hydrogen-bond acceptors (Lipinski definition) is 2. The summed E-state index contributed by atoms with van der Waals surface area (Å²) in [6.07, 6.45) is 1.77. The SMILES string of the molecule is Nc1cccc(Cn2cc(Br)ccc2=O)c1. The summed E-state index contributed by atoms with van der Waals surface area (Å²) < 4.78 is 2.52. The zero-order valence-electron chi connectivity index (χ0n) is 8.56. The van der Waals surface area contributed by atoms with Crippen molar-refractivity contribution in [3.63, 3.8) is 0 Å². The van der Waals surface area contributed by atoms with E-state index in [0.717, 1.165) is 10.0 Å². The third-order valence-corrected chi connectivity index (χ3v) is 2.72. The zero-order valence-corrected chi connectivity index (χ0v) is 10.1. The summed E-state index contributed by atoms with van der Waals surface area (Å²) >= 11 is 3.34. The van der Waals surface area contributed by atoms with Crippen LogP contribution in [0, 0.1) is 0 Å². The van der Waals surface area contributed by atoms with Crippen molar-refractivity contribution in [3.05, 3.63) is 63.0 Å². The largest absolute Gasteiger partial charge is 0.399 e. The van der Waals surface area contributed by atoms with E-state index in [1.165, 1.54) is 6.07 Å². The van der Waals surface area contributed by atoms with Crippen LogP contribution in [0.3, 0.4) is 0 Å². The Morgan fingerprint density at radius 2 is 2.06 bits per heavy atom. The van der Waals surface area contributed by atoms with Crippen LogP contribution in [0.1, 0.15) is 5.56 Å². The van der Waals surface area contributed by atoms with Gasteiger partial charge in [-0.1, -0.05) is 12.1 Å². The molecule has 0 bridgehead atoms. The van der Waals surface area contributed by atoms with E-state index >= 15 is 0 Å². The molecule has 1 heterocycles. The highest BCUT2D eigenvalue weighted by Crippen LogP contribution is 2.09. The first-order chi connectivity index (χ1) is 7.65. The average Bonchev–Trinajstić information content (AvgIpc) is 2.24. The molecule has 4 heteroatoms. The molecule has 0 saturated heterocycles. The Morgan fingerprint density at radius 3 is 2.81 bits per heavy atom. The normalized spacial score (nSPS) is 10.3. The van der Waals surface area contributed by atoms with E-state index in [-0.39, 0.29) is 5.56 Å². The molecule has 0 amide bonds. The lowest BCUT2D eigenvalue weighted by Gasteiger charge is -2.06. The quantitative estimate of drug-likeness (QED) is 0.857. The van der Waals surface area contributed by atoms with Crippen LogP contribution in [-0.2, 0) is 6.54 Å². The fraction of sp³-hybridized carbons (Fsp3) is 0.0833. The van der Waals surface area contributed by atoms with Crippen LogP contribution in [0.5, 0.6) is 0 Å². The third kappa shape index (κ3) is 2.52. The van der Waals surface area contributed by atoms with Crippen molar-refractivity contribution in [2.75, 3.05) is 5.73 Å². The molecular weight excluding hydrogens is 268 g/mol. The van der Waals surface area contributed by atoms with Gasteiger partial charge in [0.1, 0.15) is 0 Å². The number of nitrogens with zero attached hydrogens (tertiary/aromatic N) is 1. The summed E-state index contributed by atoms with van der Waals surface area (Å²) in [6.45, 7) is 0.531. The number of halogens is 1. The fourth-order valence-electron chi connectivity index (χ4n) is 1.51. The van der Waals surface area contributed by atoms with Crippen molar-refractivity contribution in [2.45, 2.75) is 6.54 Å². The van der Waals surface area contributed by atoms with Crippen molar-refractivity contribution in [1.82, 2.24) is 4.57 Å². The Bertz CT molecular complexity index is 563. The molecule has 2 N–H and O–H groups in total. The second-order valence-corrected chi connectivity index (χ2v) is 4.47. The van der Waals surface area contributed by atoms with Crippen LogP contribution in [0.4, 0.5) is 5.69 Å². The van der Waals surface area contributed by atoms with E-state index in [1.54, 1.807) is 16.8 Å². The maximum absolute atomic E-state index is 11.6. The van der Waals surface area contributed by atoms with Gasteiger partial charge < -0.3 is 10.3 Å². The minimum Gasteiger partial charge on any atom is -0.399 e. The lowest BCUT2D eigenvalue weighted by atomic mass is 10.2. The summed E-state index contributed by atoms with van der Waals surface area (Å²) in [7, 11) is 0. The van der Waals surface area contributed by atoms with Gasteiger partial charge in [-0.2, -0.15) is 0 Å². The maximum atomic E-state index is 11.6. The second-order valence-electron chi connectivity index (χ2n) is 3.56. The molecule has 2 rings (SSSR count). The molecule has 0 spiro atoms. The standard InChI is InChI=1S/C12H11BrN2O/c13-10-4-5-12(16)15(8-10)7-9-2-1-3-11(14)6-9/h1-6,8H,7,14H2. The van der Waals surface area contributed by atoms with Crippen molar-refractivity contribution < 1.29 is 0 Å². The summed E-state index contributed by atoms with van der Waals surface area (Å²) in [5, 5.41) is 0. The molecule has 0 aliphatic carbocycles. The molecular formula is C12H11BrN2O. The number of benzene rings is 1. The Hall–Kier alpha value is -1.55. The molecule has 1 aromatic carbocycles. The highest BCUT2D eigenvalue weighted by atomic mass is 79.9. The van der Waals surface area contributed by atoms with Gasteiger partial charge in [-0.25, -0.2) is 0 Å². The van der Waals surface area contributed by atoms with Gasteiger partial charge in [0, 0.05) is 22.4 Å². The van der Waals surface area contributed by atoms with Crippen LogP contribution in [-0.4, -0.2) is 4.57 Å². The molecule has 0 saturated carbocycles. The van der Waals surface area contributed by atoms with Crippen LogP contribution in [0.25, 0.3) is 0 Å². The van der Waals surface area contributed by atoms with Gasteiger partial charge in [-0.15, -0.1) is 0 Å². The van der Waals surface area contributed by atoms with Crippen LogP contribution in [0.2, 0.25) is 0 Å². The number of nitrogens with two attached hydrogens (primary N) is 1. The Morgan fingerprint density at radius 1 is 1.25 bits per heavy atom. The monoisotopic (exact) mass is 278 g/mol. The molecule has 0 fully saturated rings. The van der Waals surface area contributed by atoms with Gasteiger partial charge in [0.15, 0.2) is 0 Å². The Kier molecular flexibility index (Phi) is 3.10. The molecule has 0 unspecified atom stereocenters. The van der Waals surface area contributed by atoms with E-state index < -0.39 is 0 Å². The maximum Gasteiger partial charge on any atom is 0.250 e. The van der Waals surface area contributed by atoms with E-state index in [0.29, 0.717) is 12.2 Å². The second kappa shape index (κ2) is 4.53. The van der Waals surface area contributed by atoms with Crippen molar-refractivity contribution in [3.8, 4) is 0 Å². The van der Waals surface area contributed by atoms with Gasteiger partial charge in [-0.05, 0) is 39.7 Å². The number of aromatic nitrogens is 1. The fourth-order valence-corrected chi connectivity index (χ4v) is 1.89. The number of hydrogen-bond donors (Lipinski definition) is 1. The first kappa shape index (κ1) is 11.0. The summed E-state index contributed by atoms with van der Waals surface area (Å²) in [4.78, 5) is 11.6. The van der Waals surface area contributed by atoms with Gasteiger partial charge in [0.25, 0.3) is 5.56 Å². The van der Waals surface area contributed by atoms with E-state index in [2.05, 4.69) is 15.9 Å². The molecule has 0 aliphatic rings. The van der Waals surface area contributed by atoms with Crippen molar-refractivity contribution >= 4 is 21.6 Å². The predicted molar refractivity (Wildman–Crippen MR) is 68.4 cm³/mol. The van der Waals surface area contributed by atoms with E-state index in [9.17, 15) is 4.79 Å². The van der Waals surface area contributed by atoms with E-state index in [1.807, 2.05) is 24.3 Å². The average molecular weight is 279 g/mol. The molecule has 82 valence electrons. The number of rotatable bonds is 2. The highest BCUT2D eigenvalue weighted by Gasteiger charge is 1.99. The van der Waals surface area contributed by atoms with Crippen LogP contribution < -0.4 is 11.3 Å². The Balaban J connectivity index is 2.34. The summed E-state index contributed by atoms with van der Waals surface area (Å²) in [5.41, 5.74) is 7.38. The molecule has 16 heavy (non-hydrogen) atoms. The van der Waals surface area contributed by atoms with Crippen LogP contribution in [0.15, 0.2) is 51.9 Å². The lowest BCUT2D eigenvalue weighted by Crippen LogP contribution is -2.18. The number of nitrogen functional groups attached to an aromatic ring is 1. The molecule has 0 atom stereocenters. The number of anilines is 1. The third-order valence-electron chi connectivity index (χ3n) is 2.25. The minimum absolute atomic E-state index is 0.0226. The first-order valence-corrected chi connectivity index (χ1v) is 5.65. The molecule has 1 aromatic heterocycles. The lowest BCUT2D eigenvalue weighted by molar-refractivity contribution is 0.756. The van der Waals surface area contributed by atoms with E-state index in [4.69, 9.17) is 5.73 Å². The van der Waals surface area contributed by atoms with Gasteiger partial charge >= 0.3 is 0 Å². The topological polar surface area (TPSA) is 48.0 Å².